The van der Waals surface area contributed by atoms with Crippen LogP contribution in [-0.4, -0.2) is 103 Å². The predicted molar refractivity (Wildman–Crippen MR) is 277 cm³/mol. The number of rotatable bonds is 7. The minimum atomic E-state index is -1.02. The monoisotopic (exact) mass is 1060 g/mol. The van der Waals surface area contributed by atoms with Crippen LogP contribution < -0.4 is 15.5 Å². The highest BCUT2D eigenvalue weighted by Crippen LogP contribution is 2.34. The molecule has 0 radical (unpaired) electrons. The highest BCUT2D eigenvalue weighted by Gasteiger charge is 2.35. The molecule has 6 aromatic rings. The van der Waals surface area contributed by atoms with E-state index >= 15 is 8.78 Å². The summed E-state index contributed by atoms with van der Waals surface area (Å²) in [5.74, 6) is -2.98. The number of aliphatic hydroxyl groups excluding tert-OH is 1. The lowest BCUT2D eigenvalue weighted by atomic mass is 10.1. The minimum Gasteiger partial charge on any atom is -0.443 e. The highest BCUT2D eigenvalue weighted by molar-refractivity contribution is 5.96. The number of hydrogen-bond acceptors (Lipinski definition) is 18. The number of nitrogen functional groups attached to an aromatic ring is 1. The smallest absolute Gasteiger partial charge is 0.435 e. The average Bonchev–Trinajstić information content (AvgIpc) is 3.86. The van der Waals surface area contributed by atoms with E-state index < -0.39 is 75.0 Å². The molecule has 2 amide bonds. The molecular weight excluding hydrogens is 995 g/mol. The molecule has 2 aromatic carbocycles. The Kier molecular flexibility index (Phi) is 18.5. The Bertz CT molecular complexity index is 3130. The largest absolute Gasteiger partial charge is 0.443 e. The summed E-state index contributed by atoms with van der Waals surface area (Å²) in [7, 11) is 1.00. The Labute approximate surface area is 438 Å². The van der Waals surface area contributed by atoms with E-state index in [0.717, 1.165) is 44.2 Å². The Morgan fingerprint density at radius 3 is 1.30 bits per heavy atom. The van der Waals surface area contributed by atoms with Gasteiger partial charge < -0.3 is 29.8 Å². The molecule has 0 fully saturated rings. The third kappa shape index (κ3) is 15.8. The van der Waals surface area contributed by atoms with E-state index in [1.807, 2.05) is 6.92 Å². The molecule has 0 saturated heterocycles. The summed E-state index contributed by atoms with van der Waals surface area (Å²) in [4.78, 5) is 80.9. The summed E-state index contributed by atoms with van der Waals surface area (Å²) >= 11 is 0. The molecule has 0 atom stereocenters. The molecular formula is C51H64F2N12O11. The molecule has 25 heteroatoms. The van der Waals surface area contributed by atoms with Crippen LogP contribution >= 0.6 is 0 Å². The van der Waals surface area contributed by atoms with E-state index in [-0.39, 0.29) is 34.5 Å². The molecule has 0 aliphatic carbocycles. The van der Waals surface area contributed by atoms with Crippen LogP contribution in [0.25, 0.3) is 22.8 Å². The van der Waals surface area contributed by atoms with Gasteiger partial charge in [-0.3, -0.25) is 10.1 Å². The van der Waals surface area contributed by atoms with E-state index in [2.05, 4.69) is 30.1 Å². The number of aryl methyl sites for hydroxylation is 4. The third-order valence-electron chi connectivity index (χ3n) is 9.54. The predicted octanol–water partition coefficient (Wildman–Crippen LogP) is 11.0. The Morgan fingerprint density at radius 2 is 0.947 bits per heavy atom. The number of aliphatic hydroxyl groups is 1. The molecule has 4 aromatic heterocycles. The van der Waals surface area contributed by atoms with Gasteiger partial charge in [0.15, 0.2) is 46.6 Å². The van der Waals surface area contributed by atoms with Crippen molar-refractivity contribution in [1.82, 2.24) is 39.5 Å². The summed E-state index contributed by atoms with van der Waals surface area (Å²) in [6, 6.07) is 12.1. The second-order valence-corrected chi connectivity index (χ2v) is 20.8. The number of halogens is 2. The summed E-state index contributed by atoms with van der Waals surface area (Å²) < 4.78 is 54.0. The average molecular weight is 1060 g/mol. The number of non-ortho nitro benzene ring substituents is 1. The summed E-state index contributed by atoms with van der Waals surface area (Å²) in [5.41, 5.74) is 5.58. The summed E-state index contributed by atoms with van der Waals surface area (Å²) in [6.07, 6.45) is -1.73. The van der Waals surface area contributed by atoms with E-state index in [1.165, 1.54) is 30.3 Å². The number of carbonyl (C=O) groups is 4. The molecule has 6 rings (SSSR count). The van der Waals surface area contributed by atoms with Gasteiger partial charge in [-0.1, -0.05) is 12.1 Å². The van der Waals surface area contributed by atoms with Crippen LogP contribution in [0.2, 0.25) is 0 Å². The van der Waals surface area contributed by atoms with Crippen molar-refractivity contribution in [2.75, 3.05) is 22.6 Å². The molecule has 3 N–H and O–H groups in total. The Hall–Kier alpha value is -8.48. The number of aromatic nitrogens is 8. The number of nitro groups is 1. The fourth-order valence-electron chi connectivity index (χ4n) is 6.44. The molecule has 23 nitrogen and oxygen atoms in total. The maximum Gasteiger partial charge on any atom is 0.435 e. The second kappa shape index (κ2) is 23.4. The summed E-state index contributed by atoms with van der Waals surface area (Å²) in [5, 5.41) is 26.7. The quantitative estimate of drug-likeness (QED) is 0.0650. The number of ether oxygens (including phenoxy) is 4. The molecule has 0 spiro atoms. The van der Waals surface area contributed by atoms with E-state index in [1.54, 1.807) is 122 Å². The number of nitrogens with zero attached hydrogens (tertiary/aromatic N) is 11. The van der Waals surface area contributed by atoms with Crippen LogP contribution in [-0.2, 0) is 18.9 Å². The topological polar surface area (TPSA) is 288 Å². The van der Waals surface area contributed by atoms with Crippen LogP contribution in [0.15, 0.2) is 60.9 Å². The molecule has 0 unspecified atom stereocenters. The zero-order chi connectivity index (χ0) is 57.6. The van der Waals surface area contributed by atoms with Crippen molar-refractivity contribution < 1.29 is 56.9 Å². The van der Waals surface area contributed by atoms with E-state index in [9.17, 15) is 29.3 Å². The van der Waals surface area contributed by atoms with Gasteiger partial charge in [0, 0.05) is 48.2 Å². The lowest BCUT2D eigenvalue weighted by Gasteiger charge is -2.25. The molecule has 408 valence electrons. The number of nitro benzene ring substituents is 1. The SMILES string of the molecule is CO.Cc1ccc(N)cc1-c1ncc(F)c(N(C(=O)OC(C)(C)C)c2cc(C)n(C(=O)OC(C)(C)C)n2)n1.Cc1ccc([N+](=O)[O-])cc1-c1ncc(F)c(N(C(=O)OC(C)(C)C)c2cc(C)n(C(=O)OC(C)(C)C)n2)n1. The first-order valence-electron chi connectivity index (χ1n) is 23.3. The molecule has 0 aliphatic heterocycles. The number of hydrogen-bond donors (Lipinski definition) is 2. The Balaban J connectivity index is 0.000000319. The molecule has 76 heavy (non-hydrogen) atoms. The second-order valence-electron chi connectivity index (χ2n) is 20.8. The van der Waals surface area contributed by atoms with Crippen LogP contribution in [0, 0.1) is 49.4 Å². The van der Waals surface area contributed by atoms with Gasteiger partial charge in [-0.05, 0) is 134 Å². The van der Waals surface area contributed by atoms with Gasteiger partial charge in [-0.15, -0.1) is 10.2 Å². The maximum atomic E-state index is 15.2. The lowest BCUT2D eigenvalue weighted by Crippen LogP contribution is -2.35. The number of benzene rings is 2. The van der Waals surface area contributed by atoms with Crippen molar-refractivity contribution in [3.8, 4) is 22.8 Å². The first-order valence-corrected chi connectivity index (χ1v) is 23.3. The lowest BCUT2D eigenvalue weighted by molar-refractivity contribution is -0.384. The van der Waals surface area contributed by atoms with Gasteiger partial charge in [-0.2, -0.15) is 9.36 Å². The van der Waals surface area contributed by atoms with E-state index in [4.69, 9.17) is 29.8 Å². The van der Waals surface area contributed by atoms with Crippen molar-refractivity contribution in [3.63, 3.8) is 0 Å². The van der Waals surface area contributed by atoms with Gasteiger partial charge in [0.05, 0.1) is 28.7 Å². The first-order chi connectivity index (χ1) is 35.0. The van der Waals surface area contributed by atoms with E-state index in [0.29, 0.717) is 28.2 Å². The zero-order valence-corrected chi connectivity index (χ0v) is 45.6. The van der Waals surface area contributed by atoms with Gasteiger partial charge in [0.25, 0.3) is 5.69 Å². The van der Waals surface area contributed by atoms with Gasteiger partial charge in [0.1, 0.15) is 22.4 Å². The van der Waals surface area contributed by atoms with Crippen molar-refractivity contribution in [2.45, 2.75) is 133 Å². The molecule has 0 bridgehead atoms. The third-order valence-corrected chi connectivity index (χ3v) is 9.54. The number of anilines is 5. The highest BCUT2D eigenvalue weighted by atomic mass is 19.1. The maximum absolute atomic E-state index is 15.2. The van der Waals surface area contributed by atoms with Crippen molar-refractivity contribution in [3.05, 3.63) is 105 Å². The van der Waals surface area contributed by atoms with Crippen LogP contribution in [0.4, 0.5) is 62.6 Å². The van der Waals surface area contributed by atoms with Crippen molar-refractivity contribution >= 4 is 59.0 Å². The normalized spacial score (nSPS) is 11.5. The number of amides is 2. The standard InChI is InChI=1S/C25H29FN6O6.C25H31FN6O4.CH4O/c1-14-9-10-16(32(35)36)12-17(14)20-27-13-18(26)21(28-20)30(22(33)37-24(3,4)5)19-11-15(2)31(29-19)23(34)38-25(6,7)8;1-14-9-10-16(27)12-17(14)20-28-13-18(26)21(29-20)31(22(33)35-24(3,4)5)19-11-15(2)32(30-19)23(34)36-25(6,7)8;1-2/h9-13H,1-8H3;9-13H,27H2,1-8H3;2H,1H3. The van der Waals surface area contributed by atoms with Crippen LogP contribution in [0.1, 0.15) is 106 Å². The van der Waals surface area contributed by atoms with Gasteiger partial charge >= 0.3 is 24.4 Å². The van der Waals surface area contributed by atoms with Crippen molar-refractivity contribution in [1.29, 1.82) is 0 Å². The van der Waals surface area contributed by atoms with Crippen LogP contribution in [0.3, 0.4) is 0 Å². The number of carbonyl (C=O) groups excluding carboxylic acids is 4. The van der Waals surface area contributed by atoms with Crippen LogP contribution in [0.5, 0.6) is 0 Å². The zero-order valence-electron chi connectivity index (χ0n) is 45.6. The molecule has 0 saturated carbocycles. The Morgan fingerprint density at radius 1 is 0.592 bits per heavy atom. The fraction of sp³-hybridized carbons (Fsp3) is 0.412. The molecule has 0 aliphatic rings. The van der Waals surface area contributed by atoms with Gasteiger partial charge in [-0.25, -0.2) is 57.7 Å². The molecule has 4 heterocycles. The van der Waals surface area contributed by atoms with Gasteiger partial charge in [0.2, 0.25) is 0 Å². The van der Waals surface area contributed by atoms with Crippen molar-refractivity contribution in [2.24, 2.45) is 0 Å². The summed E-state index contributed by atoms with van der Waals surface area (Å²) in [6.45, 7) is 26.8. The minimum absolute atomic E-state index is 0.0699. The first kappa shape index (κ1) is 60.1. The number of nitrogens with two attached hydrogens (primary N) is 1. The fourth-order valence-corrected chi connectivity index (χ4v) is 6.44.